The fourth-order valence-corrected chi connectivity index (χ4v) is 70.2. The van der Waals surface area contributed by atoms with Crippen molar-refractivity contribution in [1.29, 1.82) is 0 Å². The lowest BCUT2D eigenvalue weighted by atomic mass is 10.4. The maximum Gasteiger partial charge on any atom is 0.319 e. The van der Waals surface area contributed by atoms with Crippen LogP contribution in [0.5, 0.6) is 0 Å². The summed E-state index contributed by atoms with van der Waals surface area (Å²) in [5.74, 6) is -0.229. The van der Waals surface area contributed by atoms with Gasteiger partial charge >= 0.3 is 5.97 Å². The third kappa shape index (κ3) is 2.50. The minimum atomic E-state index is -2.34. The van der Waals surface area contributed by atoms with Gasteiger partial charge in [0.05, 0.1) is 19.4 Å². The lowest BCUT2D eigenvalue weighted by molar-refractivity contribution is -0.131. The minimum absolute atomic E-state index is 0.229. The topological polar surface area (TPSA) is 35.5 Å². The molecule has 7 heteroatoms. The van der Waals surface area contributed by atoms with Gasteiger partial charge in [-0.05, 0) is 40.4 Å². The van der Waals surface area contributed by atoms with Crippen LogP contribution in [0.2, 0.25) is 45.8 Å². The second-order valence-corrected chi connectivity index (χ2v) is 46.3. The first-order chi connectivity index (χ1) is 9.03. The predicted molar refractivity (Wildman–Crippen MR) is 100 cm³/mol. The molecule has 1 atom stereocenters. The average molecular weight is 361 g/mol. The summed E-state index contributed by atoms with van der Waals surface area (Å²) in [6.45, 7) is 26.6. The van der Waals surface area contributed by atoms with Crippen molar-refractivity contribution in [3.8, 4) is 0 Å². The first-order valence-electron chi connectivity index (χ1n) is 7.62. The Bertz CT molecular complexity index is 483. The van der Waals surface area contributed by atoms with Crippen LogP contribution in [0.15, 0.2) is 12.2 Å². The zero-order valence-electron chi connectivity index (χ0n) is 15.4. The molecule has 0 aromatic rings. The smallest absolute Gasteiger partial charge is 0.319 e. The molecule has 0 spiro atoms. The largest absolute Gasteiger partial charge is 0.516 e. The normalized spacial score (nSPS) is 32.3. The Hall–Kier alpha value is 0.0375. The molecule has 122 valence electrons. The van der Waals surface area contributed by atoms with Crippen LogP contribution in [0.1, 0.15) is 20.8 Å². The van der Waals surface area contributed by atoms with Crippen molar-refractivity contribution in [2.75, 3.05) is 0 Å². The molecule has 0 aromatic heterocycles. The van der Waals surface area contributed by atoms with E-state index in [0.717, 1.165) is 0 Å². The molecular formula is C14H32O3Si4. The molecule has 1 aliphatic heterocycles. The van der Waals surface area contributed by atoms with Crippen LogP contribution in [0.3, 0.4) is 0 Å². The van der Waals surface area contributed by atoms with Crippen molar-refractivity contribution in [3.05, 3.63) is 12.2 Å². The molecule has 0 aromatic carbocycles. The van der Waals surface area contributed by atoms with E-state index < -0.39 is 29.9 Å². The molecule has 0 saturated carbocycles. The number of rotatable bonds is 2. The Balaban J connectivity index is 3.48. The third-order valence-electron chi connectivity index (χ3n) is 6.56. The van der Waals surface area contributed by atoms with E-state index in [1.807, 2.05) is 0 Å². The standard InChI is InChI=1S/C14H32O3Si4/c1-12(2)13(15)16-21(11)14(3,4)17-18(5,6)19(7,8)20(21,9)10/h1H2,2-11H3. The van der Waals surface area contributed by atoms with Gasteiger partial charge in [-0.1, -0.05) is 32.8 Å². The van der Waals surface area contributed by atoms with Crippen molar-refractivity contribution in [2.45, 2.75) is 71.8 Å². The lowest BCUT2D eigenvalue weighted by Gasteiger charge is -2.64. The summed E-state index contributed by atoms with van der Waals surface area (Å²) < 4.78 is 12.9. The second-order valence-electron chi connectivity index (χ2n) is 8.58. The second kappa shape index (κ2) is 5.02. The van der Waals surface area contributed by atoms with E-state index >= 15 is 0 Å². The van der Waals surface area contributed by atoms with Crippen molar-refractivity contribution in [3.63, 3.8) is 0 Å². The van der Waals surface area contributed by atoms with Crippen molar-refractivity contribution in [1.82, 2.24) is 0 Å². The van der Waals surface area contributed by atoms with Crippen LogP contribution in [-0.2, 0) is 13.6 Å². The molecule has 1 fully saturated rings. The summed E-state index contributed by atoms with van der Waals surface area (Å²) in [6, 6.07) is 0. The fourth-order valence-electron chi connectivity index (χ4n) is 3.49. The first-order valence-corrected chi connectivity index (χ1v) is 21.9. The van der Waals surface area contributed by atoms with Crippen LogP contribution in [0, 0.1) is 0 Å². The van der Waals surface area contributed by atoms with Gasteiger partial charge in [0.15, 0.2) is 7.83 Å². The zero-order chi connectivity index (χ0) is 17.1. The highest BCUT2D eigenvalue weighted by Gasteiger charge is 2.74. The van der Waals surface area contributed by atoms with Gasteiger partial charge < -0.3 is 8.85 Å². The highest BCUT2D eigenvalue weighted by atomic mass is 29.8. The van der Waals surface area contributed by atoms with Crippen LogP contribution in [-0.4, -0.2) is 41.1 Å². The average Bonchev–Trinajstić information content (AvgIpc) is 2.24. The zero-order valence-corrected chi connectivity index (χ0v) is 19.4. The number of carbonyl (C=O) groups is 1. The van der Waals surface area contributed by atoms with Gasteiger partial charge in [0.1, 0.15) is 0 Å². The lowest BCUT2D eigenvalue weighted by Crippen LogP contribution is -2.91. The molecule has 1 saturated heterocycles. The van der Waals surface area contributed by atoms with Crippen LogP contribution >= 0.6 is 0 Å². The van der Waals surface area contributed by atoms with Gasteiger partial charge in [-0.25, -0.2) is 4.79 Å². The number of carbonyl (C=O) groups excluding carboxylic acids is 1. The molecule has 1 unspecified atom stereocenters. The fraction of sp³-hybridized carbons (Fsp3) is 0.786. The highest BCUT2D eigenvalue weighted by Crippen LogP contribution is 2.48. The summed E-state index contributed by atoms with van der Waals surface area (Å²) >= 11 is 0. The Morgan fingerprint density at radius 2 is 1.43 bits per heavy atom. The van der Waals surface area contributed by atoms with Crippen LogP contribution < -0.4 is 0 Å². The maximum atomic E-state index is 12.3. The van der Waals surface area contributed by atoms with Crippen LogP contribution in [0.4, 0.5) is 0 Å². The molecule has 0 N–H and O–H groups in total. The Kier molecular flexibility index (Phi) is 4.56. The SMILES string of the molecule is C=C(C)C(=O)O[Si]1(C)C(C)(C)O[Si](C)(C)[Si](C)(C)[Si]1(C)C. The number of hydrogen-bond acceptors (Lipinski definition) is 3. The molecule has 21 heavy (non-hydrogen) atoms. The summed E-state index contributed by atoms with van der Waals surface area (Å²) in [5.41, 5.74) is 0.492. The van der Waals surface area contributed by atoms with Gasteiger partial charge in [-0.15, -0.1) is 0 Å². The quantitative estimate of drug-likeness (QED) is 0.553. The molecule has 1 heterocycles. The molecule has 0 aliphatic carbocycles. The summed E-state index contributed by atoms with van der Waals surface area (Å²) in [5, 5.41) is -0.313. The van der Waals surface area contributed by atoms with Crippen LogP contribution in [0.25, 0.3) is 0 Å². The summed E-state index contributed by atoms with van der Waals surface area (Å²) in [6.07, 6.45) is 0. The van der Waals surface area contributed by atoms with Gasteiger partial charge in [-0.2, -0.15) is 0 Å². The van der Waals surface area contributed by atoms with Gasteiger partial charge in [0.2, 0.25) is 0 Å². The molecule has 0 bridgehead atoms. The van der Waals surface area contributed by atoms with Gasteiger partial charge in [-0.3, -0.25) is 0 Å². The molecule has 0 amide bonds. The van der Waals surface area contributed by atoms with E-state index in [2.05, 4.69) is 66.3 Å². The Morgan fingerprint density at radius 3 is 1.81 bits per heavy atom. The molecular weight excluding hydrogens is 328 g/mol. The van der Waals surface area contributed by atoms with E-state index in [4.69, 9.17) is 8.85 Å². The van der Waals surface area contributed by atoms with E-state index in [-0.39, 0.29) is 11.2 Å². The van der Waals surface area contributed by atoms with Gasteiger partial charge in [0, 0.05) is 5.57 Å². The van der Waals surface area contributed by atoms with Crippen molar-refractivity contribution in [2.24, 2.45) is 0 Å². The summed E-state index contributed by atoms with van der Waals surface area (Å²) in [7, 11) is -7.36. The molecule has 0 radical (unpaired) electrons. The molecule has 1 rings (SSSR count). The monoisotopic (exact) mass is 360 g/mol. The minimum Gasteiger partial charge on any atom is -0.516 e. The molecule has 3 nitrogen and oxygen atoms in total. The predicted octanol–water partition coefficient (Wildman–Crippen LogP) is 3.89. The maximum absolute atomic E-state index is 12.3. The summed E-state index contributed by atoms with van der Waals surface area (Å²) in [4.78, 5) is 12.3. The molecule has 1 aliphatic rings. The van der Waals surface area contributed by atoms with E-state index in [1.54, 1.807) is 6.92 Å². The first kappa shape index (κ1) is 19.1. The van der Waals surface area contributed by atoms with E-state index in [1.165, 1.54) is 0 Å². The van der Waals surface area contributed by atoms with Crippen molar-refractivity contribution >= 4 is 35.9 Å². The third-order valence-corrected chi connectivity index (χ3v) is 70.5. The van der Waals surface area contributed by atoms with Crippen molar-refractivity contribution < 1.29 is 13.6 Å². The highest BCUT2D eigenvalue weighted by molar-refractivity contribution is 7.83. The number of hydrogen-bond donors (Lipinski definition) is 0. The Morgan fingerprint density at radius 1 is 1.00 bits per heavy atom. The van der Waals surface area contributed by atoms with Gasteiger partial charge in [0.25, 0.3) is 7.83 Å². The Labute approximate surface area is 133 Å². The van der Waals surface area contributed by atoms with E-state index in [0.29, 0.717) is 5.57 Å². The van der Waals surface area contributed by atoms with E-state index in [9.17, 15) is 4.79 Å².